The van der Waals surface area contributed by atoms with E-state index in [2.05, 4.69) is 170 Å². The molecule has 4 bridgehead atoms. The molecule has 6 aliphatic rings. The third kappa shape index (κ3) is 4.34. The van der Waals surface area contributed by atoms with E-state index in [1.54, 1.807) is 11.1 Å². The van der Waals surface area contributed by atoms with Gasteiger partial charge in [0.15, 0.2) is 0 Å². The summed E-state index contributed by atoms with van der Waals surface area (Å²) in [5.74, 6) is 1.69. The second kappa shape index (κ2) is 11.4. The van der Waals surface area contributed by atoms with Crippen molar-refractivity contribution in [3.63, 3.8) is 0 Å². The first kappa shape index (κ1) is 31.6. The van der Waals surface area contributed by atoms with Crippen molar-refractivity contribution in [2.24, 2.45) is 11.8 Å². The first-order valence-corrected chi connectivity index (χ1v) is 20.5. The minimum Gasteiger partial charge on any atom is -0.0985 e. The van der Waals surface area contributed by atoms with Gasteiger partial charge in [-0.05, 0) is 151 Å². The van der Waals surface area contributed by atoms with E-state index in [1.165, 1.54) is 111 Å². The summed E-state index contributed by atoms with van der Waals surface area (Å²) < 4.78 is 0. The van der Waals surface area contributed by atoms with Gasteiger partial charge < -0.3 is 0 Å². The highest BCUT2D eigenvalue weighted by molar-refractivity contribution is 5.96. The summed E-state index contributed by atoms with van der Waals surface area (Å²) in [5.41, 5.74) is 20.8. The number of rotatable bonds is 5. The van der Waals surface area contributed by atoms with Crippen molar-refractivity contribution in [1.82, 2.24) is 0 Å². The Hall–Kier alpha value is -5.72. The summed E-state index contributed by atoms with van der Waals surface area (Å²) >= 11 is 0. The van der Waals surface area contributed by atoms with Crippen LogP contribution in [-0.2, 0) is 16.2 Å². The van der Waals surface area contributed by atoms with Gasteiger partial charge in [-0.25, -0.2) is 0 Å². The zero-order chi connectivity index (χ0) is 36.4. The maximum atomic E-state index is 3.99. The van der Waals surface area contributed by atoms with Crippen molar-refractivity contribution in [2.45, 2.75) is 54.8 Å². The number of hydrogen-bond donors (Lipinski definition) is 0. The van der Waals surface area contributed by atoms with Crippen LogP contribution in [0.25, 0.3) is 50.6 Å². The van der Waals surface area contributed by atoms with Crippen molar-refractivity contribution in [1.29, 1.82) is 0 Å². The van der Waals surface area contributed by atoms with Crippen molar-refractivity contribution in [3.05, 3.63) is 209 Å². The molecule has 0 aromatic heterocycles. The topological polar surface area (TPSA) is 0 Å². The van der Waals surface area contributed by atoms with E-state index in [0.717, 1.165) is 11.8 Å². The van der Waals surface area contributed by atoms with E-state index in [9.17, 15) is 0 Å². The minimum absolute atomic E-state index is 0.290. The van der Waals surface area contributed by atoms with Crippen LogP contribution in [0.5, 0.6) is 0 Å². The molecular weight excluding hydrogens is 661 g/mol. The summed E-state index contributed by atoms with van der Waals surface area (Å²) in [6, 6.07) is 62.8. The van der Waals surface area contributed by atoms with Crippen LogP contribution in [0, 0.1) is 11.8 Å². The SMILES string of the molecule is C=Cc1ccc(C23CC4CC(C2)CC(c2ccc(-c5ccc(-c6ccc7c(c6)-c6ccccc6C76c7ccccc7-c7ccccc76)cc5)cc2)(C4)C3)cc1. The zero-order valence-corrected chi connectivity index (χ0v) is 31.3. The van der Waals surface area contributed by atoms with E-state index < -0.39 is 0 Å². The van der Waals surface area contributed by atoms with E-state index in [-0.39, 0.29) is 5.41 Å². The smallest absolute Gasteiger partial charge is 0.0725 e. The lowest BCUT2D eigenvalue weighted by Crippen LogP contribution is -2.55. The molecule has 7 aromatic rings. The Morgan fingerprint density at radius 3 is 1.33 bits per heavy atom. The van der Waals surface area contributed by atoms with Crippen LogP contribution in [0.2, 0.25) is 0 Å². The molecule has 0 heterocycles. The lowest BCUT2D eigenvalue weighted by atomic mass is 9.41. The van der Waals surface area contributed by atoms with Crippen LogP contribution >= 0.6 is 0 Å². The van der Waals surface area contributed by atoms with Gasteiger partial charge in [-0.3, -0.25) is 0 Å². The quantitative estimate of drug-likeness (QED) is 0.167. The van der Waals surface area contributed by atoms with Crippen molar-refractivity contribution >= 4 is 6.08 Å². The van der Waals surface area contributed by atoms with E-state index in [1.807, 2.05) is 6.08 Å². The average molecular weight is 705 g/mol. The normalized spacial score (nSPS) is 24.3. The number of benzene rings is 7. The van der Waals surface area contributed by atoms with E-state index >= 15 is 0 Å². The highest BCUT2D eigenvalue weighted by atomic mass is 14.6. The highest BCUT2D eigenvalue weighted by Crippen LogP contribution is 2.67. The molecule has 1 spiro atoms. The summed E-state index contributed by atoms with van der Waals surface area (Å²) in [5, 5.41) is 0. The molecule has 6 aliphatic carbocycles. The van der Waals surface area contributed by atoms with Gasteiger partial charge in [0.1, 0.15) is 0 Å². The van der Waals surface area contributed by atoms with Gasteiger partial charge in [-0.2, -0.15) is 0 Å². The molecule has 0 nitrogen and oxygen atoms in total. The van der Waals surface area contributed by atoms with Crippen LogP contribution in [0.15, 0.2) is 170 Å². The van der Waals surface area contributed by atoms with Crippen LogP contribution in [-0.4, -0.2) is 0 Å². The molecular formula is C55H44. The summed E-state index contributed by atoms with van der Waals surface area (Å²) in [4.78, 5) is 0. The minimum atomic E-state index is -0.290. The molecule has 2 unspecified atom stereocenters. The molecule has 0 amide bonds. The van der Waals surface area contributed by atoms with Crippen molar-refractivity contribution in [2.75, 3.05) is 0 Å². The van der Waals surface area contributed by atoms with Gasteiger partial charge >= 0.3 is 0 Å². The van der Waals surface area contributed by atoms with Gasteiger partial charge in [0.2, 0.25) is 0 Å². The fourth-order valence-corrected chi connectivity index (χ4v) is 13.1. The number of hydrogen-bond acceptors (Lipinski definition) is 0. The summed E-state index contributed by atoms with van der Waals surface area (Å²) in [6.07, 6.45) is 10.1. The molecule has 264 valence electrons. The maximum Gasteiger partial charge on any atom is 0.0725 e. The molecule has 0 N–H and O–H groups in total. The molecule has 2 atom stereocenters. The molecule has 4 saturated carbocycles. The molecule has 0 aliphatic heterocycles. The second-order valence-electron chi connectivity index (χ2n) is 17.6. The first-order valence-electron chi connectivity index (χ1n) is 20.5. The molecule has 7 aromatic carbocycles. The van der Waals surface area contributed by atoms with Crippen LogP contribution in [0.3, 0.4) is 0 Å². The Labute approximate surface area is 325 Å². The standard InChI is InChI=1S/C55H44/c1-2-36-15-24-43(25-16-36)53-31-37-29-38(32-53)34-54(33-37,35-53)44-26-21-40(22-27-44)39-17-19-41(20-18-39)42-23-28-52-48(30-42)47-11-5-8-14-51(47)55(52)49-12-6-3-9-45(49)46-10-4-7-13-50(46)55/h2-28,30,37-38H,1,29,31-35H2. The van der Waals surface area contributed by atoms with E-state index in [0.29, 0.717) is 10.8 Å². The zero-order valence-electron chi connectivity index (χ0n) is 31.3. The predicted molar refractivity (Wildman–Crippen MR) is 228 cm³/mol. The first-order chi connectivity index (χ1) is 27.1. The lowest BCUT2D eigenvalue weighted by molar-refractivity contribution is -0.0281. The molecule has 13 rings (SSSR count). The average Bonchev–Trinajstić information content (AvgIpc) is 3.70. The largest absolute Gasteiger partial charge is 0.0985 e. The molecule has 4 fully saturated rings. The summed E-state index contributed by atoms with van der Waals surface area (Å²) in [7, 11) is 0. The fraction of sp³-hybridized carbons (Fsp3) is 0.200. The fourth-order valence-electron chi connectivity index (χ4n) is 13.1. The second-order valence-corrected chi connectivity index (χ2v) is 17.6. The van der Waals surface area contributed by atoms with Crippen molar-refractivity contribution < 1.29 is 0 Å². The van der Waals surface area contributed by atoms with Crippen LogP contribution < -0.4 is 0 Å². The van der Waals surface area contributed by atoms with Gasteiger partial charge in [0.25, 0.3) is 0 Å². The number of fused-ring (bicyclic) bond motifs is 10. The third-order valence-corrected chi connectivity index (χ3v) is 14.9. The molecule has 0 radical (unpaired) electrons. The highest BCUT2D eigenvalue weighted by Gasteiger charge is 2.58. The molecule has 0 heteroatoms. The predicted octanol–water partition coefficient (Wildman–Crippen LogP) is 13.8. The van der Waals surface area contributed by atoms with Crippen LogP contribution in [0.1, 0.15) is 77.5 Å². The van der Waals surface area contributed by atoms with Crippen molar-refractivity contribution in [3.8, 4) is 44.5 Å². The molecule has 0 saturated heterocycles. The third-order valence-electron chi connectivity index (χ3n) is 14.9. The van der Waals surface area contributed by atoms with E-state index in [4.69, 9.17) is 0 Å². The Kier molecular flexibility index (Phi) is 6.55. The summed E-state index contributed by atoms with van der Waals surface area (Å²) in [6.45, 7) is 3.99. The van der Waals surface area contributed by atoms with Gasteiger partial charge in [-0.15, -0.1) is 0 Å². The van der Waals surface area contributed by atoms with Gasteiger partial charge in [0.05, 0.1) is 5.41 Å². The monoisotopic (exact) mass is 704 g/mol. The Morgan fingerprint density at radius 2 is 0.818 bits per heavy atom. The van der Waals surface area contributed by atoms with Crippen LogP contribution in [0.4, 0.5) is 0 Å². The molecule has 55 heavy (non-hydrogen) atoms. The Morgan fingerprint density at radius 1 is 0.418 bits per heavy atom. The van der Waals surface area contributed by atoms with Gasteiger partial charge in [0, 0.05) is 0 Å². The Bertz CT molecular complexity index is 2610. The van der Waals surface area contributed by atoms with Gasteiger partial charge in [-0.1, -0.05) is 170 Å². The lowest BCUT2D eigenvalue weighted by Gasteiger charge is -2.63. The maximum absolute atomic E-state index is 3.99. The Balaban J connectivity index is 0.863.